The van der Waals surface area contributed by atoms with Gasteiger partial charge < -0.3 is 9.84 Å². The highest BCUT2D eigenvalue weighted by Crippen LogP contribution is 2.44. The number of anilines is 1. The Kier molecular flexibility index (Phi) is 4.94. The highest BCUT2D eigenvalue weighted by atomic mass is 16.5. The number of nitrogens with zero attached hydrogens (tertiary/aromatic N) is 2. The van der Waals surface area contributed by atoms with Gasteiger partial charge in [-0.25, -0.2) is 14.4 Å². The summed E-state index contributed by atoms with van der Waals surface area (Å²) in [5.41, 5.74) is 1.64. The van der Waals surface area contributed by atoms with E-state index < -0.39 is 34.7 Å². The second-order valence-electron chi connectivity index (χ2n) is 7.19. The van der Waals surface area contributed by atoms with Crippen molar-refractivity contribution in [2.24, 2.45) is 14.1 Å². The Balaban J connectivity index is 1.60. The minimum atomic E-state index is -1.56. The Morgan fingerprint density at radius 3 is 2.06 bits per heavy atom. The van der Waals surface area contributed by atoms with Gasteiger partial charge >= 0.3 is 17.8 Å². The summed E-state index contributed by atoms with van der Waals surface area (Å²) in [5, 5.41) is 11.6. The number of ether oxygens (including phenoxy) is 1. The molecule has 0 aliphatic heterocycles. The Bertz CT molecular complexity index is 1290. The van der Waals surface area contributed by atoms with Crippen LogP contribution in [0.25, 0.3) is 11.1 Å². The summed E-state index contributed by atoms with van der Waals surface area (Å²) in [6.07, 6.45) is -0.965. The minimum Gasteiger partial charge on any atom is -0.477 e. The van der Waals surface area contributed by atoms with Gasteiger partial charge in [-0.1, -0.05) is 48.5 Å². The zero-order chi connectivity index (χ0) is 22.3. The van der Waals surface area contributed by atoms with Gasteiger partial charge in [-0.05, 0) is 22.3 Å². The Hall–Kier alpha value is -4.14. The largest absolute Gasteiger partial charge is 0.477 e. The molecule has 1 heterocycles. The molecule has 4 rings (SSSR count). The average Bonchev–Trinajstić information content (AvgIpc) is 3.08. The van der Waals surface area contributed by atoms with Gasteiger partial charge in [-0.2, -0.15) is 0 Å². The van der Waals surface area contributed by atoms with Crippen LogP contribution in [-0.2, 0) is 18.8 Å². The fraction of sp³-hybridized carbons (Fsp3) is 0.182. The lowest BCUT2D eigenvalue weighted by molar-refractivity contribution is 0.0694. The van der Waals surface area contributed by atoms with E-state index in [9.17, 15) is 24.3 Å². The van der Waals surface area contributed by atoms with E-state index in [0.29, 0.717) is 4.57 Å². The van der Waals surface area contributed by atoms with Crippen LogP contribution in [0, 0.1) is 0 Å². The van der Waals surface area contributed by atoms with Crippen molar-refractivity contribution in [2.75, 3.05) is 11.9 Å². The van der Waals surface area contributed by atoms with Gasteiger partial charge in [0, 0.05) is 20.0 Å². The fourth-order valence-corrected chi connectivity index (χ4v) is 3.91. The first-order valence-corrected chi connectivity index (χ1v) is 9.46. The zero-order valence-electron chi connectivity index (χ0n) is 16.8. The number of carbonyl (C=O) groups excluding carboxylic acids is 1. The van der Waals surface area contributed by atoms with Crippen molar-refractivity contribution < 1.29 is 19.4 Å². The van der Waals surface area contributed by atoms with Crippen molar-refractivity contribution in [1.29, 1.82) is 0 Å². The van der Waals surface area contributed by atoms with E-state index in [1.54, 1.807) is 0 Å². The van der Waals surface area contributed by atoms with Gasteiger partial charge in [0.1, 0.15) is 12.4 Å². The third-order valence-electron chi connectivity index (χ3n) is 5.44. The molecule has 0 saturated carbocycles. The lowest BCUT2D eigenvalue weighted by atomic mass is 9.98. The molecule has 0 atom stereocenters. The standard InChI is InChI=1S/C22H19N3O6/c1-24-18(17(20(27)28)19(26)25(2)22(24)30)23-21(29)31-11-16-14-9-5-3-7-12(14)13-8-4-6-10-15(13)16/h3-10,16H,11H2,1-2H3,(H,23,29)(H,27,28). The van der Waals surface area contributed by atoms with E-state index in [0.717, 1.165) is 33.9 Å². The molecule has 1 aliphatic carbocycles. The molecule has 0 bridgehead atoms. The molecule has 3 aromatic rings. The molecule has 9 nitrogen and oxygen atoms in total. The molecule has 0 unspecified atom stereocenters. The molecule has 0 radical (unpaired) electrons. The topological polar surface area (TPSA) is 120 Å². The normalized spacial score (nSPS) is 12.2. The summed E-state index contributed by atoms with van der Waals surface area (Å²) in [7, 11) is 2.42. The van der Waals surface area contributed by atoms with Crippen LogP contribution >= 0.6 is 0 Å². The number of hydrogen-bond donors (Lipinski definition) is 2. The highest BCUT2D eigenvalue weighted by molar-refractivity contribution is 5.97. The van der Waals surface area contributed by atoms with Crippen molar-refractivity contribution in [3.05, 3.63) is 86.1 Å². The first-order chi connectivity index (χ1) is 14.8. The monoisotopic (exact) mass is 421 g/mol. The van der Waals surface area contributed by atoms with E-state index in [4.69, 9.17) is 4.74 Å². The molecule has 0 fully saturated rings. The Morgan fingerprint density at radius 1 is 0.968 bits per heavy atom. The highest BCUT2D eigenvalue weighted by Gasteiger charge is 2.29. The number of aromatic nitrogens is 2. The van der Waals surface area contributed by atoms with Crippen LogP contribution in [0.1, 0.15) is 27.4 Å². The molecular weight excluding hydrogens is 402 g/mol. The maximum absolute atomic E-state index is 12.5. The number of nitrogens with one attached hydrogen (secondary N) is 1. The van der Waals surface area contributed by atoms with Gasteiger partial charge in [0.05, 0.1) is 0 Å². The van der Waals surface area contributed by atoms with Gasteiger partial charge in [0.25, 0.3) is 5.56 Å². The number of fused-ring (bicyclic) bond motifs is 3. The van der Waals surface area contributed by atoms with Crippen molar-refractivity contribution in [2.45, 2.75) is 5.92 Å². The zero-order valence-corrected chi connectivity index (χ0v) is 16.8. The van der Waals surface area contributed by atoms with Crippen LogP contribution in [-0.4, -0.2) is 32.9 Å². The predicted octanol–water partition coefficient (Wildman–Crippen LogP) is 2.14. The maximum Gasteiger partial charge on any atom is 0.412 e. The first kappa shape index (κ1) is 20.1. The Morgan fingerprint density at radius 2 is 1.52 bits per heavy atom. The third-order valence-corrected chi connectivity index (χ3v) is 5.44. The lowest BCUT2D eigenvalue weighted by Crippen LogP contribution is -2.42. The first-order valence-electron chi connectivity index (χ1n) is 9.46. The summed E-state index contributed by atoms with van der Waals surface area (Å²) in [4.78, 5) is 48.4. The van der Waals surface area contributed by atoms with Gasteiger partial charge in [0.15, 0.2) is 5.56 Å². The molecule has 0 spiro atoms. The average molecular weight is 421 g/mol. The molecule has 1 aromatic heterocycles. The number of hydrogen-bond acceptors (Lipinski definition) is 5. The van der Waals surface area contributed by atoms with Crippen LogP contribution in [0.15, 0.2) is 58.1 Å². The van der Waals surface area contributed by atoms with Crippen molar-refractivity contribution >= 4 is 17.9 Å². The Labute approximate surface area is 176 Å². The van der Waals surface area contributed by atoms with E-state index in [2.05, 4.69) is 5.32 Å². The second kappa shape index (κ2) is 7.60. The molecular formula is C22H19N3O6. The van der Waals surface area contributed by atoms with Crippen molar-refractivity contribution in [3.8, 4) is 11.1 Å². The number of amides is 1. The number of carboxylic acids is 1. The molecule has 2 N–H and O–H groups in total. The SMILES string of the molecule is Cn1c(NC(=O)OCC2c3ccccc3-c3ccccc32)c(C(=O)O)c(=O)n(C)c1=O. The van der Waals surface area contributed by atoms with E-state index in [-0.39, 0.29) is 12.5 Å². The van der Waals surface area contributed by atoms with Crippen LogP contribution in [0.5, 0.6) is 0 Å². The summed E-state index contributed by atoms with van der Waals surface area (Å²) in [6, 6.07) is 15.6. The number of aromatic carboxylic acids is 1. The van der Waals surface area contributed by atoms with E-state index in [1.807, 2.05) is 48.5 Å². The molecule has 158 valence electrons. The van der Waals surface area contributed by atoms with Crippen LogP contribution < -0.4 is 16.6 Å². The maximum atomic E-state index is 12.5. The molecule has 1 aliphatic rings. The molecule has 9 heteroatoms. The van der Waals surface area contributed by atoms with Crippen LogP contribution in [0.4, 0.5) is 10.6 Å². The summed E-state index contributed by atoms with van der Waals surface area (Å²) in [5.74, 6) is -2.19. The van der Waals surface area contributed by atoms with Crippen LogP contribution in [0.2, 0.25) is 0 Å². The number of rotatable bonds is 4. The van der Waals surface area contributed by atoms with Gasteiger partial charge in [-0.3, -0.25) is 19.2 Å². The summed E-state index contributed by atoms with van der Waals surface area (Å²) < 4.78 is 6.92. The fourth-order valence-electron chi connectivity index (χ4n) is 3.91. The summed E-state index contributed by atoms with van der Waals surface area (Å²) >= 11 is 0. The molecule has 1 amide bonds. The van der Waals surface area contributed by atoms with Crippen LogP contribution in [0.3, 0.4) is 0 Å². The second-order valence-corrected chi connectivity index (χ2v) is 7.19. The quantitative estimate of drug-likeness (QED) is 0.666. The number of carboxylic acid groups (broad SMARTS) is 1. The summed E-state index contributed by atoms with van der Waals surface area (Å²) in [6.45, 7) is 0.00105. The predicted molar refractivity (Wildman–Crippen MR) is 113 cm³/mol. The number of benzene rings is 2. The molecule has 0 saturated heterocycles. The smallest absolute Gasteiger partial charge is 0.412 e. The molecule has 2 aromatic carbocycles. The molecule has 31 heavy (non-hydrogen) atoms. The van der Waals surface area contributed by atoms with Gasteiger partial charge in [0.2, 0.25) is 0 Å². The van der Waals surface area contributed by atoms with E-state index in [1.165, 1.54) is 7.05 Å². The lowest BCUT2D eigenvalue weighted by Gasteiger charge is -2.16. The van der Waals surface area contributed by atoms with E-state index >= 15 is 0 Å². The minimum absolute atomic E-state index is 0.00105. The van der Waals surface area contributed by atoms with Crippen molar-refractivity contribution in [1.82, 2.24) is 9.13 Å². The van der Waals surface area contributed by atoms with Gasteiger partial charge in [-0.15, -0.1) is 0 Å². The van der Waals surface area contributed by atoms with Crippen molar-refractivity contribution in [3.63, 3.8) is 0 Å². The third kappa shape index (κ3) is 3.29. The number of carbonyl (C=O) groups is 2.